The van der Waals surface area contributed by atoms with Gasteiger partial charge in [-0.3, -0.25) is 9.59 Å². The molecule has 1 saturated heterocycles. The molecule has 1 fully saturated rings. The van der Waals surface area contributed by atoms with Crippen molar-refractivity contribution in [3.63, 3.8) is 0 Å². The number of benzene rings is 3. The smallest absolute Gasteiger partial charge is 0.261 e. The van der Waals surface area contributed by atoms with Gasteiger partial charge in [0.1, 0.15) is 18.3 Å². The third-order valence-corrected chi connectivity index (χ3v) is 7.23. The Kier molecular flexibility index (Phi) is 8.98. The standard InChI is InChI=1S/C30H28Cl2N4O4/c31-23-11-9-22(10-12-23)29-33-30(40-34-29)26-8-4-5-17-36(26)27(37)19-35(18-21-6-2-1-3-7-21)28(38)20-39-25-15-13-24(32)14-16-25/h1-3,6-7,9-16,26H,4-5,8,17-20H2. The fraction of sp³-hybridized carbons (Fsp3) is 0.267. The number of hydrogen-bond acceptors (Lipinski definition) is 6. The lowest BCUT2D eigenvalue weighted by Gasteiger charge is -2.35. The largest absolute Gasteiger partial charge is 0.484 e. The topological polar surface area (TPSA) is 88.8 Å². The quantitative estimate of drug-likeness (QED) is 0.235. The van der Waals surface area contributed by atoms with Crippen LogP contribution in [-0.4, -0.2) is 51.5 Å². The van der Waals surface area contributed by atoms with E-state index in [1.54, 1.807) is 41.3 Å². The molecule has 0 saturated carbocycles. The highest BCUT2D eigenvalue weighted by molar-refractivity contribution is 6.30. The van der Waals surface area contributed by atoms with Crippen molar-refractivity contribution in [2.75, 3.05) is 19.7 Å². The van der Waals surface area contributed by atoms with Crippen LogP contribution >= 0.6 is 23.2 Å². The van der Waals surface area contributed by atoms with Crippen molar-refractivity contribution in [3.8, 4) is 17.1 Å². The summed E-state index contributed by atoms with van der Waals surface area (Å²) in [5.41, 5.74) is 1.68. The minimum absolute atomic E-state index is 0.105. The van der Waals surface area contributed by atoms with Crippen LogP contribution in [0.3, 0.4) is 0 Å². The molecule has 1 unspecified atom stereocenters. The normalized spacial score (nSPS) is 15.1. The molecule has 8 nitrogen and oxygen atoms in total. The average Bonchev–Trinajstić information content (AvgIpc) is 3.47. The molecule has 206 valence electrons. The van der Waals surface area contributed by atoms with Gasteiger partial charge in [0.15, 0.2) is 6.61 Å². The molecule has 0 radical (unpaired) electrons. The molecule has 1 aliphatic heterocycles. The highest BCUT2D eigenvalue weighted by Gasteiger charge is 2.33. The van der Waals surface area contributed by atoms with E-state index in [0.717, 1.165) is 24.0 Å². The molecule has 2 heterocycles. The van der Waals surface area contributed by atoms with Crippen molar-refractivity contribution in [1.29, 1.82) is 0 Å². The predicted octanol–water partition coefficient (Wildman–Crippen LogP) is 6.20. The molecule has 1 atom stereocenters. The average molecular weight is 579 g/mol. The second kappa shape index (κ2) is 13.0. The number of aromatic nitrogens is 2. The highest BCUT2D eigenvalue weighted by Crippen LogP contribution is 2.31. The Labute approximate surface area is 242 Å². The zero-order chi connectivity index (χ0) is 27.9. The lowest BCUT2D eigenvalue weighted by atomic mass is 10.0. The van der Waals surface area contributed by atoms with Gasteiger partial charge in [-0.05, 0) is 73.4 Å². The van der Waals surface area contributed by atoms with Gasteiger partial charge in [-0.1, -0.05) is 58.7 Å². The Balaban J connectivity index is 1.31. The van der Waals surface area contributed by atoms with Crippen molar-refractivity contribution in [1.82, 2.24) is 19.9 Å². The third-order valence-electron chi connectivity index (χ3n) is 6.72. The van der Waals surface area contributed by atoms with Gasteiger partial charge in [-0.15, -0.1) is 0 Å². The summed E-state index contributed by atoms with van der Waals surface area (Å²) in [5, 5.41) is 5.32. The van der Waals surface area contributed by atoms with Gasteiger partial charge >= 0.3 is 0 Å². The first-order valence-electron chi connectivity index (χ1n) is 13.1. The molecule has 10 heteroatoms. The molecular formula is C30H28Cl2N4O4. The number of likely N-dealkylation sites (tertiary alicyclic amines) is 1. The SMILES string of the molecule is O=C(COc1ccc(Cl)cc1)N(CC(=O)N1CCCCC1c1nc(-c2ccc(Cl)cc2)no1)Cc1ccccc1. The summed E-state index contributed by atoms with van der Waals surface area (Å²) < 4.78 is 11.3. The number of rotatable bonds is 9. The molecule has 0 spiro atoms. The first-order chi connectivity index (χ1) is 19.5. The maximum atomic E-state index is 13.7. The van der Waals surface area contributed by atoms with Crippen molar-refractivity contribution < 1.29 is 18.8 Å². The first-order valence-corrected chi connectivity index (χ1v) is 13.8. The van der Waals surface area contributed by atoms with Crippen LogP contribution in [-0.2, 0) is 16.1 Å². The van der Waals surface area contributed by atoms with Crippen molar-refractivity contribution in [2.24, 2.45) is 0 Å². The van der Waals surface area contributed by atoms with E-state index >= 15 is 0 Å². The van der Waals surface area contributed by atoms with E-state index in [9.17, 15) is 9.59 Å². The minimum Gasteiger partial charge on any atom is -0.484 e. The molecule has 40 heavy (non-hydrogen) atoms. The molecule has 1 aromatic heterocycles. The molecule has 5 rings (SSSR count). The van der Waals surface area contributed by atoms with E-state index in [1.165, 1.54) is 4.90 Å². The Morgan fingerprint density at radius 3 is 2.38 bits per heavy atom. The van der Waals surface area contributed by atoms with Crippen LogP contribution in [0, 0.1) is 0 Å². The van der Waals surface area contributed by atoms with Gasteiger partial charge in [0, 0.05) is 28.7 Å². The lowest BCUT2D eigenvalue weighted by Crippen LogP contribution is -2.46. The summed E-state index contributed by atoms with van der Waals surface area (Å²) in [4.78, 5) is 34.8. The van der Waals surface area contributed by atoms with E-state index in [1.807, 2.05) is 42.5 Å². The fourth-order valence-electron chi connectivity index (χ4n) is 4.63. The Bertz CT molecular complexity index is 1430. The summed E-state index contributed by atoms with van der Waals surface area (Å²) in [6.07, 6.45) is 2.47. The number of amides is 2. The van der Waals surface area contributed by atoms with Crippen LogP contribution in [0.2, 0.25) is 10.0 Å². The number of hydrogen-bond donors (Lipinski definition) is 0. The molecule has 0 bridgehead atoms. The summed E-state index contributed by atoms with van der Waals surface area (Å²) in [7, 11) is 0. The molecule has 2 amide bonds. The predicted molar refractivity (Wildman–Crippen MR) is 152 cm³/mol. The third kappa shape index (κ3) is 7.00. The Morgan fingerprint density at radius 2 is 1.65 bits per heavy atom. The van der Waals surface area contributed by atoms with Crippen LogP contribution in [0.15, 0.2) is 83.4 Å². The number of carbonyl (C=O) groups excluding carboxylic acids is 2. The zero-order valence-corrected chi connectivity index (χ0v) is 23.2. The Morgan fingerprint density at radius 1 is 0.950 bits per heavy atom. The van der Waals surface area contributed by atoms with E-state index in [4.69, 9.17) is 32.5 Å². The fourth-order valence-corrected chi connectivity index (χ4v) is 4.88. The van der Waals surface area contributed by atoms with E-state index in [2.05, 4.69) is 10.1 Å². The van der Waals surface area contributed by atoms with Gasteiger partial charge < -0.3 is 19.1 Å². The highest BCUT2D eigenvalue weighted by atomic mass is 35.5. The van der Waals surface area contributed by atoms with E-state index in [-0.39, 0.29) is 37.6 Å². The number of nitrogens with zero attached hydrogens (tertiary/aromatic N) is 4. The van der Waals surface area contributed by atoms with Crippen LogP contribution < -0.4 is 4.74 Å². The van der Waals surface area contributed by atoms with Crippen molar-refractivity contribution >= 4 is 35.0 Å². The minimum atomic E-state index is -0.367. The van der Waals surface area contributed by atoms with Gasteiger partial charge in [0.25, 0.3) is 5.91 Å². The van der Waals surface area contributed by atoms with Gasteiger partial charge in [-0.25, -0.2) is 0 Å². The maximum absolute atomic E-state index is 13.7. The van der Waals surface area contributed by atoms with Crippen LogP contribution in [0.4, 0.5) is 0 Å². The molecule has 0 N–H and O–H groups in total. The molecule has 1 aliphatic rings. The van der Waals surface area contributed by atoms with Gasteiger partial charge in [0.2, 0.25) is 17.6 Å². The second-order valence-electron chi connectivity index (χ2n) is 9.54. The maximum Gasteiger partial charge on any atom is 0.261 e. The zero-order valence-electron chi connectivity index (χ0n) is 21.7. The summed E-state index contributed by atoms with van der Waals surface area (Å²) in [5.74, 6) is 0.845. The molecule has 4 aromatic rings. The summed E-state index contributed by atoms with van der Waals surface area (Å²) >= 11 is 11.9. The van der Waals surface area contributed by atoms with Crippen molar-refractivity contribution in [3.05, 3.63) is 100 Å². The van der Waals surface area contributed by atoms with Gasteiger partial charge in [0.05, 0.1) is 0 Å². The molecule has 0 aliphatic carbocycles. The summed E-state index contributed by atoms with van der Waals surface area (Å²) in [6.45, 7) is 0.498. The summed E-state index contributed by atoms with van der Waals surface area (Å²) in [6, 6.07) is 23.1. The van der Waals surface area contributed by atoms with Gasteiger partial charge in [-0.2, -0.15) is 4.98 Å². The molecule has 3 aromatic carbocycles. The number of halogens is 2. The second-order valence-corrected chi connectivity index (χ2v) is 10.4. The number of piperidine rings is 1. The van der Waals surface area contributed by atoms with Crippen molar-refractivity contribution in [2.45, 2.75) is 31.8 Å². The van der Waals surface area contributed by atoms with Crippen LogP contribution in [0.1, 0.15) is 36.8 Å². The van der Waals surface area contributed by atoms with E-state index in [0.29, 0.717) is 40.5 Å². The van der Waals surface area contributed by atoms with Crippen LogP contribution in [0.5, 0.6) is 5.75 Å². The van der Waals surface area contributed by atoms with E-state index < -0.39 is 0 Å². The first kappa shape index (κ1) is 27.7. The molecular weight excluding hydrogens is 551 g/mol. The monoisotopic (exact) mass is 578 g/mol. The van der Waals surface area contributed by atoms with Crippen LogP contribution in [0.25, 0.3) is 11.4 Å². The number of ether oxygens (including phenoxy) is 1. The Hall–Kier alpha value is -3.88. The lowest BCUT2D eigenvalue weighted by molar-refractivity contribution is -0.144. The number of carbonyl (C=O) groups is 2.